The first kappa shape index (κ1) is 52.3. The molecule has 1 atom stereocenters. The Morgan fingerprint density at radius 3 is 1.38 bits per heavy atom. The van der Waals surface area contributed by atoms with Crippen LogP contribution in [0.3, 0.4) is 0 Å². The predicted octanol–water partition coefficient (Wildman–Crippen LogP) is 6.73. The van der Waals surface area contributed by atoms with Gasteiger partial charge in [0.1, 0.15) is 0 Å². The first-order valence-corrected chi connectivity index (χ1v) is 20.0. The second-order valence-corrected chi connectivity index (χ2v) is 15.4. The van der Waals surface area contributed by atoms with Gasteiger partial charge in [-0.05, 0) is 168 Å². The molecule has 0 bridgehead atoms. The average Bonchev–Trinajstić information content (AvgIpc) is 4.10. The summed E-state index contributed by atoms with van der Waals surface area (Å²) in [5.41, 5.74) is 14.2. The summed E-state index contributed by atoms with van der Waals surface area (Å²) in [5, 5.41) is 58.7. The van der Waals surface area contributed by atoms with Gasteiger partial charge in [-0.1, -0.05) is 46.8 Å². The molecule has 0 saturated carbocycles. The third-order valence-electron chi connectivity index (χ3n) is 10.8. The minimum Gasteiger partial charge on any atom is -0.872 e. The molecule has 5 aromatic rings. The van der Waals surface area contributed by atoms with Crippen LogP contribution in [0.15, 0.2) is 46.4 Å². The van der Waals surface area contributed by atoms with Crippen molar-refractivity contribution in [1.29, 1.82) is 15.8 Å². The Morgan fingerprint density at radius 2 is 1.02 bits per heavy atom. The largest absolute Gasteiger partial charge is 3.00 e. The van der Waals surface area contributed by atoms with E-state index in [2.05, 4.69) is 44.5 Å². The van der Waals surface area contributed by atoms with Gasteiger partial charge in [-0.3, -0.25) is 9.98 Å². The Bertz CT molecular complexity index is 2270. The van der Waals surface area contributed by atoms with Crippen LogP contribution in [0, 0.1) is 56.3 Å². The van der Waals surface area contributed by atoms with Crippen LogP contribution in [0.4, 0.5) is 0 Å². The number of nitrogens with zero attached hydrogens (tertiary/aromatic N) is 11. The third kappa shape index (κ3) is 11.6. The van der Waals surface area contributed by atoms with E-state index in [0.717, 1.165) is 38.5 Å². The number of aliphatic imine (C=N–C) groups is 2. The monoisotopic (exact) mass is 939 g/mol. The van der Waals surface area contributed by atoms with Crippen molar-refractivity contribution in [3.8, 4) is 11.5 Å². The molecule has 0 unspecified atom stereocenters. The summed E-state index contributed by atoms with van der Waals surface area (Å²) in [6.07, 6.45) is 10.5. The average molecular weight is 940 g/mol. The zero-order valence-electron chi connectivity index (χ0n) is 34.9. The molecule has 13 nitrogen and oxygen atoms in total. The number of benzene rings is 2. The SMILES string of the molecule is CC(=NC[C@@H](C)N=C(C)c1cc(Cl)ccc1[O-])c1cc(Cl)ccc1[O-].Cc1nn([B-](n2nc(C)c3c2CCC3)n2nc(C)c3c2CCC3)c2c1CCC2.[C-]#N.[C-]#N.[C-]#N.[Fe+3].[Mn+3]. The minimum atomic E-state index is -0.150. The van der Waals surface area contributed by atoms with Crippen molar-refractivity contribution in [2.24, 2.45) is 9.98 Å². The van der Waals surface area contributed by atoms with Crippen LogP contribution in [-0.4, -0.2) is 60.2 Å². The van der Waals surface area contributed by atoms with E-state index in [1.54, 1.807) is 38.1 Å². The Balaban J connectivity index is 0.000000366. The Hall–Kier alpha value is -4.84. The molecule has 61 heavy (non-hydrogen) atoms. The maximum Gasteiger partial charge on any atom is 3.00 e. The molecular weight excluding hydrogens is 895 g/mol. The van der Waals surface area contributed by atoms with Crippen LogP contribution in [0.1, 0.15) is 102 Å². The van der Waals surface area contributed by atoms with Gasteiger partial charge in [0.25, 0.3) is 7.12 Å². The van der Waals surface area contributed by atoms with Crippen LogP contribution in [-0.2, 0) is 72.7 Å². The number of fused-ring (bicyclic) bond motifs is 3. The standard InChI is InChI=1S/C21H27BN6.C19H20Cl2N2O2.3CN.Fe.Mn/c1-13-16-7-4-10-19(16)26(23-13)22(27-20-11-5-8-17(20)14(2)24-27)28-21-12-6-9-18(21)15(3)25-28;1-11(23-13(3)17-9-15(21)5-7-19(17)25)10-22-12(2)16-8-14(20)4-6-18(16)24;3*1-2;;/h4-12H2,1-3H3;4-9,11,24-25H,10H2,1-3H3;;;;;/q-1;;3*-1;2*+3/p-2/t;11-;;;;;/m.1...../s1. The molecule has 0 aliphatic heterocycles. The second-order valence-electron chi connectivity index (χ2n) is 14.5. The van der Waals surface area contributed by atoms with E-state index in [-0.39, 0.29) is 58.8 Å². The van der Waals surface area contributed by atoms with Gasteiger partial charge in [0.2, 0.25) is 0 Å². The van der Waals surface area contributed by atoms with Crippen molar-refractivity contribution in [3.63, 3.8) is 0 Å². The molecule has 0 amide bonds. The summed E-state index contributed by atoms with van der Waals surface area (Å²) in [4.78, 5) is 8.93. The van der Waals surface area contributed by atoms with E-state index in [1.807, 2.05) is 6.92 Å². The van der Waals surface area contributed by atoms with E-state index in [1.165, 1.54) is 82.2 Å². The predicted molar refractivity (Wildman–Crippen MR) is 224 cm³/mol. The first-order chi connectivity index (χ1) is 28.4. The zero-order valence-corrected chi connectivity index (χ0v) is 38.7. The van der Waals surface area contributed by atoms with Gasteiger partial charge >= 0.3 is 34.1 Å². The molecule has 3 aliphatic rings. The van der Waals surface area contributed by atoms with Gasteiger partial charge in [-0.2, -0.15) is 0 Å². The molecule has 3 aromatic heterocycles. The van der Waals surface area contributed by atoms with E-state index in [4.69, 9.17) is 74.0 Å². The number of halogens is 2. The topological polar surface area (TPSA) is 196 Å². The molecule has 0 saturated heterocycles. The number of aryl methyl sites for hydroxylation is 3. The Morgan fingerprint density at radius 1 is 0.672 bits per heavy atom. The van der Waals surface area contributed by atoms with Gasteiger partial charge in [-0.25, -0.2) is 15.3 Å². The van der Waals surface area contributed by atoms with E-state index < -0.39 is 0 Å². The third-order valence-corrected chi connectivity index (χ3v) is 11.3. The molecule has 3 aliphatic carbocycles. The molecular formula is C43H45BCl2FeMnN11O2. The molecule has 8 rings (SSSR count). The minimum absolute atomic E-state index is 0. The fourth-order valence-corrected chi connectivity index (χ4v) is 8.55. The quantitative estimate of drug-likeness (QED) is 0.0928. The van der Waals surface area contributed by atoms with E-state index >= 15 is 0 Å². The van der Waals surface area contributed by atoms with E-state index in [0.29, 0.717) is 39.1 Å². The molecule has 2 aromatic carbocycles. The maximum absolute atomic E-state index is 11.9. The van der Waals surface area contributed by atoms with Crippen molar-refractivity contribution in [1.82, 2.24) is 29.1 Å². The molecule has 2 radical (unpaired) electrons. The summed E-state index contributed by atoms with van der Waals surface area (Å²) in [6, 6.07) is 9.04. The molecule has 0 fully saturated rings. The fourth-order valence-electron chi connectivity index (χ4n) is 8.21. The molecule has 18 heteroatoms. The summed E-state index contributed by atoms with van der Waals surface area (Å²) in [6.45, 7) is 26.6. The molecule has 0 spiro atoms. The number of rotatable bonds is 8. The van der Waals surface area contributed by atoms with Gasteiger partial charge in [0, 0.05) is 21.5 Å². The molecule has 3 heterocycles. The van der Waals surface area contributed by atoms with Crippen molar-refractivity contribution in [3.05, 3.63) is 128 Å². The van der Waals surface area contributed by atoms with Gasteiger partial charge in [0.15, 0.2) is 0 Å². The smallest absolute Gasteiger partial charge is 0.872 e. The maximum atomic E-state index is 11.9. The normalized spacial score (nSPS) is 13.8. The Kier molecular flexibility index (Phi) is 20.6. The Labute approximate surface area is 390 Å². The van der Waals surface area contributed by atoms with Crippen LogP contribution in [0.5, 0.6) is 11.5 Å². The molecule has 316 valence electrons. The summed E-state index contributed by atoms with van der Waals surface area (Å²) in [7, 11) is -0.110. The fraction of sp³-hybridized carbons (Fsp3) is 0.395. The van der Waals surface area contributed by atoms with Crippen molar-refractivity contribution in [2.75, 3.05) is 6.54 Å². The van der Waals surface area contributed by atoms with Gasteiger partial charge < -0.3 is 59.5 Å². The second kappa shape index (κ2) is 24.0. The molecule has 0 N–H and O–H groups in total. The number of hydrogen-bond donors (Lipinski definition) is 0. The van der Waals surface area contributed by atoms with Crippen molar-refractivity contribution < 1.29 is 44.4 Å². The number of aromatic nitrogens is 6. The van der Waals surface area contributed by atoms with Crippen LogP contribution in [0.25, 0.3) is 0 Å². The summed E-state index contributed by atoms with van der Waals surface area (Å²) in [5.74, 6) is -0.236. The summed E-state index contributed by atoms with van der Waals surface area (Å²) >= 11 is 11.9. The number of hydrogen-bond acceptors (Lipinski definition) is 10. The van der Waals surface area contributed by atoms with Crippen LogP contribution >= 0.6 is 23.2 Å². The van der Waals surface area contributed by atoms with Crippen LogP contribution in [0.2, 0.25) is 10.0 Å². The van der Waals surface area contributed by atoms with E-state index in [9.17, 15) is 10.2 Å². The van der Waals surface area contributed by atoms with Crippen molar-refractivity contribution in [2.45, 2.75) is 105 Å². The van der Waals surface area contributed by atoms with Gasteiger partial charge in [-0.15, -0.1) is 0 Å². The van der Waals surface area contributed by atoms with Crippen molar-refractivity contribution >= 4 is 41.7 Å². The van der Waals surface area contributed by atoms with Gasteiger partial charge in [0.05, 0.1) is 29.7 Å². The zero-order chi connectivity index (χ0) is 43.6. The van der Waals surface area contributed by atoms with Crippen LogP contribution < -0.4 is 10.2 Å². The summed E-state index contributed by atoms with van der Waals surface area (Å²) < 4.78 is 6.77. The first-order valence-electron chi connectivity index (χ1n) is 19.3.